The van der Waals surface area contributed by atoms with Gasteiger partial charge in [0.25, 0.3) is 0 Å². The first-order chi connectivity index (χ1) is 6.88. The second-order valence-corrected chi connectivity index (χ2v) is 3.23. The summed E-state index contributed by atoms with van der Waals surface area (Å²) < 4.78 is 0. The fraction of sp³-hybridized carbons (Fsp3) is 0. The third-order valence-electron chi connectivity index (χ3n) is 2.29. The standard InChI is InChI=1S/C12H12BN/c13-14(11-7-3-1-4-8-11)12-9-5-2-6-10-12/h1-10H,13H2. The molecule has 14 heavy (non-hydrogen) atoms. The van der Waals surface area contributed by atoms with Crippen LogP contribution in [0.3, 0.4) is 0 Å². The minimum absolute atomic E-state index is 1.21. The minimum Gasteiger partial charge on any atom is -0.394 e. The lowest BCUT2D eigenvalue weighted by atomic mass is 10.1. The monoisotopic (exact) mass is 181 g/mol. The molecule has 2 rings (SSSR count). The summed E-state index contributed by atoms with van der Waals surface area (Å²) in [4.78, 5) is 2.17. The molecule has 2 aromatic carbocycles. The highest BCUT2D eigenvalue weighted by Gasteiger charge is 2.00. The normalized spacial score (nSPS) is 9.71. The summed E-state index contributed by atoms with van der Waals surface area (Å²) in [5, 5.41) is 0. The zero-order valence-corrected chi connectivity index (χ0v) is 8.22. The van der Waals surface area contributed by atoms with Crippen molar-refractivity contribution >= 4 is 19.4 Å². The molecule has 0 N–H and O–H groups in total. The van der Waals surface area contributed by atoms with E-state index in [4.69, 9.17) is 0 Å². The van der Waals surface area contributed by atoms with Gasteiger partial charge in [-0.15, -0.1) is 0 Å². The molecule has 0 bridgehead atoms. The van der Waals surface area contributed by atoms with E-state index < -0.39 is 0 Å². The largest absolute Gasteiger partial charge is 0.394 e. The predicted molar refractivity (Wildman–Crippen MR) is 63.6 cm³/mol. The third-order valence-corrected chi connectivity index (χ3v) is 2.29. The molecule has 0 atom stereocenters. The Hall–Kier alpha value is -1.70. The molecule has 1 nitrogen and oxygen atoms in total. The van der Waals surface area contributed by atoms with Crippen LogP contribution in [-0.4, -0.2) is 7.98 Å². The summed E-state index contributed by atoms with van der Waals surface area (Å²) in [7, 11) is 2.07. The number of anilines is 2. The third kappa shape index (κ3) is 1.79. The van der Waals surface area contributed by atoms with E-state index in [2.05, 4.69) is 61.3 Å². The Morgan fingerprint density at radius 3 is 1.36 bits per heavy atom. The zero-order valence-electron chi connectivity index (χ0n) is 8.22. The van der Waals surface area contributed by atoms with Crippen molar-refractivity contribution in [2.24, 2.45) is 0 Å². The van der Waals surface area contributed by atoms with Gasteiger partial charge in [-0.2, -0.15) is 0 Å². The summed E-state index contributed by atoms with van der Waals surface area (Å²) in [5.41, 5.74) is 2.41. The molecule has 0 saturated heterocycles. The van der Waals surface area contributed by atoms with Gasteiger partial charge in [-0.25, -0.2) is 0 Å². The summed E-state index contributed by atoms with van der Waals surface area (Å²) in [5.74, 6) is 0. The molecule has 68 valence electrons. The molecule has 0 amide bonds. The number of hydrogen-bond donors (Lipinski definition) is 0. The molecule has 0 fully saturated rings. The Balaban J connectivity index is 2.30. The van der Waals surface area contributed by atoms with E-state index in [0.29, 0.717) is 0 Å². The molecule has 0 saturated carbocycles. The van der Waals surface area contributed by atoms with Crippen molar-refractivity contribution in [1.29, 1.82) is 0 Å². The van der Waals surface area contributed by atoms with E-state index in [-0.39, 0.29) is 0 Å². The Labute approximate surface area is 85.4 Å². The molecule has 0 aliphatic heterocycles. The van der Waals surface area contributed by atoms with Gasteiger partial charge in [-0.05, 0) is 24.3 Å². The minimum atomic E-state index is 1.21. The molecule has 0 unspecified atom stereocenters. The molecule has 0 spiro atoms. The fourth-order valence-corrected chi connectivity index (χ4v) is 1.45. The number of rotatable bonds is 2. The van der Waals surface area contributed by atoms with E-state index in [1.165, 1.54) is 11.4 Å². The fourth-order valence-electron chi connectivity index (χ4n) is 1.45. The Bertz CT molecular complexity index is 346. The van der Waals surface area contributed by atoms with Crippen LogP contribution in [0, 0.1) is 0 Å². The van der Waals surface area contributed by atoms with Gasteiger partial charge in [-0.1, -0.05) is 36.4 Å². The lowest BCUT2D eigenvalue weighted by molar-refractivity contribution is 1.41. The van der Waals surface area contributed by atoms with E-state index in [1.807, 2.05) is 12.1 Å². The van der Waals surface area contributed by atoms with E-state index >= 15 is 0 Å². The van der Waals surface area contributed by atoms with Crippen molar-refractivity contribution in [2.45, 2.75) is 0 Å². The van der Waals surface area contributed by atoms with Crippen LogP contribution >= 0.6 is 0 Å². The molecule has 0 aromatic heterocycles. The Morgan fingerprint density at radius 1 is 0.643 bits per heavy atom. The highest BCUT2D eigenvalue weighted by Crippen LogP contribution is 2.21. The summed E-state index contributed by atoms with van der Waals surface area (Å²) in [6.07, 6.45) is 0. The van der Waals surface area contributed by atoms with Crippen LogP contribution in [0.5, 0.6) is 0 Å². The summed E-state index contributed by atoms with van der Waals surface area (Å²) >= 11 is 0. The van der Waals surface area contributed by atoms with Gasteiger partial charge >= 0.3 is 0 Å². The molecule has 0 heterocycles. The van der Waals surface area contributed by atoms with Crippen LogP contribution in [-0.2, 0) is 0 Å². The maximum absolute atomic E-state index is 2.17. The highest BCUT2D eigenvalue weighted by molar-refractivity contribution is 6.22. The first-order valence-electron chi connectivity index (χ1n) is 4.72. The maximum Gasteiger partial charge on any atom is 0.223 e. The molecule has 0 aliphatic rings. The SMILES string of the molecule is BN(c1ccccc1)c1ccccc1. The quantitative estimate of drug-likeness (QED) is 0.643. The van der Waals surface area contributed by atoms with Crippen LogP contribution in [0.2, 0.25) is 0 Å². The van der Waals surface area contributed by atoms with Crippen LogP contribution in [0.15, 0.2) is 60.7 Å². The van der Waals surface area contributed by atoms with Gasteiger partial charge in [0, 0.05) is 11.4 Å². The Morgan fingerprint density at radius 2 is 1.00 bits per heavy atom. The zero-order chi connectivity index (χ0) is 9.80. The summed E-state index contributed by atoms with van der Waals surface area (Å²) in [6.45, 7) is 0. The van der Waals surface area contributed by atoms with Crippen LogP contribution in [0.1, 0.15) is 0 Å². The second-order valence-electron chi connectivity index (χ2n) is 3.23. The van der Waals surface area contributed by atoms with Gasteiger partial charge in [0.1, 0.15) is 0 Å². The van der Waals surface area contributed by atoms with Gasteiger partial charge in [0.2, 0.25) is 7.98 Å². The van der Waals surface area contributed by atoms with Gasteiger partial charge in [0.05, 0.1) is 0 Å². The van der Waals surface area contributed by atoms with E-state index in [1.54, 1.807) is 0 Å². The first kappa shape index (κ1) is 8.88. The average Bonchev–Trinajstić information content (AvgIpc) is 2.30. The molecule has 2 aromatic rings. The number of nitrogens with zero attached hydrogens (tertiary/aromatic N) is 1. The summed E-state index contributed by atoms with van der Waals surface area (Å²) in [6, 6.07) is 20.7. The highest BCUT2D eigenvalue weighted by atomic mass is 15.0. The lowest BCUT2D eigenvalue weighted by Crippen LogP contribution is -2.10. The van der Waals surface area contributed by atoms with Crippen LogP contribution in [0.25, 0.3) is 0 Å². The van der Waals surface area contributed by atoms with Crippen molar-refractivity contribution in [3.8, 4) is 0 Å². The molecular weight excluding hydrogens is 169 g/mol. The van der Waals surface area contributed by atoms with Crippen LogP contribution in [0.4, 0.5) is 11.4 Å². The topological polar surface area (TPSA) is 3.24 Å². The van der Waals surface area contributed by atoms with Crippen molar-refractivity contribution in [1.82, 2.24) is 0 Å². The van der Waals surface area contributed by atoms with Gasteiger partial charge in [0.15, 0.2) is 0 Å². The second kappa shape index (κ2) is 4.01. The number of hydrogen-bond acceptors (Lipinski definition) is 1. The van der Waals surface area contributed by atoms with Crippen molar-refractivity contribution < 1.29 is 0 Å². The van der Waals surface area contributed by atoms with Gasteiger partial charge in [-0.3, -0.25) is 0 Å². The number of benzene rings is 2. The number of para-hydroxylation sites is 2. The molecular formula is C12H12BN. The smallest absolute Gasteiger partial charge is 0.223 e. The van der Waals surface area contributed by atoms with Crippen molar-refractivity contribution in [2.75, 3.05) is 4.81 Å². The molecule has 2 heteroatoms. The Kier molecular flexibility index (Phi) is 2.54. The van der Waals surface area contributed by atoms with Crippen molar-refractivity contribution in [3.05, 3.63) is 60.7 Å². The molecule has 0 aliphatic carbocycles. The maximum atomic E-state index is 2.17. The van der Waals surface area contributed by atoms with E-state index in [9.17, 15) is 0 Å². The van der Waals surface area contributed by atoms with E-state index in [0.717, 1.165) is 0 Å². The first-order valence-corrected chi connectivity index (χ1v) is 4.72. The van der Waals surface area contributed by atoms with Gasteiger partial charge < -0.3 is 4.81 Å². The van der Waals surface area contributed by atoms with Crippen LogP contribution < -0.4 is 4.81 Å². The molecule has 0 radical (unpaired) electrons. The lowest BCUT2D eigenvalue weighted by Gasteiger charge is -2.19. The average molecular weight is 181 g/mol. The predicted octanol–water partition coefficient (Wildman–Crippen LogP) is 2.37. The van der Waals surface area contributed by atoms with Crippen molar-refractivity contribution in [3.63, 3.8) is 0 Å².